The van der Waals surface area contributed by atoms with Crippen molar-refractivity contribution in [2.24, 2.45) is 0 Å². The predicted molar refractivity (Wildman–Crippen MR) is 82.7 cm³/mol. The second-order valence-electron chi connectivity index (χ2n) is 5.47. The maximum Gasteiger partial charge on any atom is 0.294 e. The first-order valence-electron chi connectivity index (χ1n) is 7.20. The number of rotatable bonds is 4. The first-order chi connectivity index (χ1) is 10.6. The average Bonchev–Trinajstić information content (AvgIpc) is 2.89. The van der Waals surface area contributed by atoms with Gasteiger partial charge >= 0.3 is 0 Å². The number of aromatic nitrogens is 4. The lowest BCUT2D eigenvalue weighted by Gasteiger charge is -2.08. The van der Waals surface area contributed by atoms with Crippen LogP contribution >= 0.6 is 0 Å². The van der Waals surface area contributed by atoms with Gasteiger partial charge < -0.3 is 10.3 Å². The van der Waals surface area contributed by atoms with Gasteiger partial charge in [0, 0.05) is 18.9 Å². The van der Waals surface area contributed by atoms with Crippen molar-refractivity contribution in [2.45, 2.75) is 32.7 Å². The first kappa shape index (κ1) is 14.2. The highest BCUT2D eigenvalue weighted by molar-refractivity contribution is 5.78. The number of amides is 1. The van der Waals surface area contributed by atoms with Crippen LogP contribution < -0.4 is 10.9 Å². The number of para-hydroxylation sites is 2. The summed E-state index contributed by atoms with van der Waals surface area (Å²) in [5, 5.41) is 10.9. The van der Waals surface area contributed by atoms with Crippen LogP contribution in [-0.4, -0.2) is 31.5 Å². The van der Waals surface area contributed by atoms with Crippen LogP contribution in [0, 0.1) is 0 Å². The Morgan fingerprint density at radius 3 is 2.86 bits per heavy atom. The number of hydrogen-bond donors (Lipinski definition) is 2. The summed E-state index contributed by atoms with van der Waals surface area (Å²) in [4.78, 5) is 26.6. The quantitative estimate of drug-likeness (QED) is 0.752. The van der Waals surface area contributed by atoms with Gasteiger partial charge in [-0.3, -0.25) is 14.0 Å². The molecule has 22 heavy (non-hydrogen) atoms. The molecule has 0 fully saturated rings. The highest BCUT2D eigenvalue weighted by Crippen LogP contribution is 2.13. The number of nitrogens with one attached hydrogen (secondary N) is 2. The smallest absolute Gasteiger partial charge is 0.294 e. The molecule has 0 aliphatic rings. The second kappa shape index (κ2) is 5.59. The van der Waals surface area contributed by atoms with E-state index < -0.39 is 0 Å². The van der Waals surface area contributed by atoms with Gasteiger partial charge in [-0.25, -0.2) is 0 Å². The summed E-state index contributed by atoms with van der Waals surface area (Å²) in [6.45, 7) is 3.83. The van der Waals surface area contributed by atoms with E-state index in [4.69, 9.17) is 0 Å². The number of hydrogen-bond acceptors (Lipinski definition) is 4. The molecule has 0 radical (unpaired) electrons. The van der Waals surface area contributed by atoms with E-state index in [0.717, 1.165) is 5.52 Å². The molecule has 3 rings (SSSR count). The zero-order chi connectivity index (χ0) is 15.7. The lowest BCUT2D eigenvalue weighted by Crippen LogP contribution is -2.30. The second-order valence-corrected chi connectivity index (χ2v) is 5.47. The van der Waals surface area contributed by atoms with E-state index in [-0.39, 0.29) is 23.2 Å². The molecular weight excluding hydrogens is 282 g/mol. The normalized spacial score (nSPS) is 11.4. The Morgan fingerprint density at radius 2 is 2.09 bits per heavy atom. The Morgan fingerprint density at radius 1 is 1.32 bits per heavy atom. The maximum absolute atomic E-state index is 12.0. The molecule has 0 unspecified atom stereocenters. The lowest BCUT2D eigenvalue weighted by molar-refractivity contribution is -0.121. The van der Waals surface area contributed by atoms with Crippen LogP contribution in [-0.2, 0) is 11.2 Å². The topological polar surface area (TPSA) is 92.2 Å². The van der Waals surface area contributed by atoms with Crippen LogP contribution in [0.3, 0.4) is 0 Å². The fourth-order valence-corrected chi connectivity index (χ4v) is 2.45. The SMILES string of the molecule is CC(C)NC(=O)CCc1nnc2c(=O)[nH]c3ccccc3n12. The van der Waals surface area contributed by atoms with Crippen LogP contribution in [0.1, 0.15) is 26.1 Å². The Balaban J connectivity index is 2.00. The number of aryl methyl sites for hydroxylation is 1. The van der Waals surface area contributed by atoms with Crippen LogP contribution in [0.4, 0.5) is 0 Å². The number of benzene rings is 1. The molecule has 0 aliphatic carbocycles. The Bertz CT molecular complexity index is 894. The van der Waals surface area contributed by atoms with Crippen molar-refractivity contribution in [3.63, 3.8) is 0 Å². The van der Waals surface area contributed by atoms with Gasteiger partial charge in [0.1, 0.15) is 5.82 Å². The summed E-state index contributed by atoms with van der Waals surface area (Å²) in [6, 6.07) is 7.55. The van der Waals surface area contributed by atoms with Gasteiger partial charge in [-0.1, -0.05) is 12.1 Å². The van der Waals surface area contributed by atoms with E-state index in [2.05, 4.69) is 20.5 Å². The zero-order valence-electron chi connectivity index (χ0n) is 12.5. The van der Waals surface area contributed by atoms with Crippen molar-refractivity contribution >= 4 is 22.6 Å². The van der Waals surface area contributed by atoms with Crippen molar-refractivity contribution < 1.29 is 4.79 Å². The minimum Gasteiger partial charge on any atom is -0.354 e. The zero-order valence-corrected chi connectivity index (χ0v) is 12.5. The average molecular weight is 299 g/mol. The molecule has 7 nitrogen and oxygen atoms in total. The van der Waals surface area contributed by atoms with Gasteiger partial charge in [-0.15, -0.1) is 10.2 Å². The number of carbonyl (C=O) groups is 1. The summed E-state index contributed by atoms with van der Waals surface area (Å²) in [6.07, 6.45) is 0.729. The van der Waals surface area contributed by atoms with E-state index in [1.54, 1.807) is 4.40 Å². The van der Waals surface area contributed by atoms with E-state index in [1.165, 1.54) is 0 Å². The van der Waals surface area contributed by atoms with Crippen molar-refractivity contribution in [1.29, 1.82) is 0 Å². The first-order valence-corrected chi connectivity index (χ1v) is 7.20. The molecule has 1 aromatic carbocycles. The monoisotopic (exact) mass is 299 g/mol. The number of fused-ring (bicyclic) bond motifs is 3. The summed E-state index contributed by atoms with van der Waals surface area (Å²) in [5.74, 6) is 0.567. The van der Waals surface area contributed by atoms with E-state index in [0.29, 0.717) is 24.2 Å². The molecule has 0 spiro atoms. The molecule has 2 heterocycles. The molecule has 2 N–H and O–H groups in total. The minimum absolute atomic E-state index is 0.0408. The van der Waals surface area contributed by atoms with Gasteiger partial charge in [0.25, 0.3) is 5.56 Å². The van der Waals surface area contributed by atoms with Crippen molar-refractivity contribution in [1.82, 2.24) is 24.9 Å². The minimum atomic E-state index is -0.288. The van der Waals surface area contributed by atoms with Crippen molar-refractivity contribution in [3.05, 3.63) is 40.4 Å². The van der Waals surface area contributed by atoms with Crippen LogP contribution in [0.15, 0.2) is 29.1 Å². The molecule has 3 aromatic rings. The third-order valence-corrected chi connectivity index (χ3v) is 3.35. The molecule has 114 valence electrons. The molecule has 0 bridgehead atoms. The summed E-state index contributed by atoms with van der Waals surface area (Å²) in [5.41, 5.74) is 1.50. The standard InChI is InChI=1S/C15H17N5O2/c1-9(2)16-13(21)8-7-12-18-19-14-15(22)17-10-5-3-4-6-11(10)20(12)14/h3-6,9H,7-8H2,1-2H3,(H,16,21)(H,17,22). The third-order valence-electron chi connectivity index (χ3n) is 3.35. The number of H-pyrrole nitrogens is 1. The highest BCUT2D eigenvalue weighted by Gasteiger charge is 2.13. The van der Waals surface area contributed by atoms with E-state index >= 15 is 0 Å². The summed E-state index contributed by atoms with van der Waals surface area (Å²) < 4.78 is 1.72. The van der Waals surface area contributed by atoms with Crippen LogP contribution in [0.2, 0.25) is 0 Å². The summed E-state index contributed by atoms with van der Waals surface area (Å²) >= 11 is 0. The molecule has 0 aliphatic heterocycles. The van der Waals surface area contributed by atoms with Crippen molar-refractivity contribution in [3.8, 4) is 0 Å². The fourth-order valence-electron chi connectivity index (χ4n) is 2.45. The highest BCUT2D eigenvalue weighted by atomic mass is 16.1. The predicted octanol–water partition coefficient (Wildman–Crippen LogP) is 1.03. The molecule has 0 saturated heterocycles. The number of carbonyl (C=O) groups excluding carboxylic acids is 1. The van der Waals surface area contributed by atoms with Gasteiger partial charge in [-0.05, 0) is 26.0 Å². The number of aromatic amines is 1. The van der Waals surface area contributed by atoms with Crippen LogP contribution in [0.5, 0.6) is 0 Å². The molecule has 7 heteroatoms. The molecule has 0 atom stereocenters. The van der Waals surface area contributed by atoms with Crippen LogP contribution in [0.25, 0.3) is 16.7 Å². The van der Waals surface area contributed by atoms with Gasteiger partial charge in [0.05, 0.1) is 11.0 Å². The molecule has 2 aromatic heterocycles. The largest absolute Gasteiger partial charge is 0.354 e. The van der Waals surface area contributed by atoms with E-state index in [1.807, 2.05) is 38.1 Å². The Hall–Kier alpha value is -2.70. The van der Waals surface area contributed by atoms with E-state index in [9.17, 15) is 9.59 Å². The fraction of sp³-hybridized carbons (Fsp3) is 0.333. The lowest BCUT2D eigenvalue weighted by atomic mass is 10.2. The Labute approximate surface area is 126 Å². The maximum atomic E-state index is 12.0. The molecule has 1 amide bonds. The van der Waals surface area contributed by atoms with Gasteiger partial charge in [-0.2, -0.15) is 0 Å². The summed E-state index contributed by atoms with van der Waals surface area (Å²) in [7, 11) is 0. The Kier molecular flexibility index (Phi) is 3.62. The van der Waals surface area contributed by atoms with Gasteiger partial charge in [0.15, 0.2) is 0 Å². The number of nitrogens with zero attached hydrogens (tertiary/aromatic N) is 3. The van der Waals surface area contributed by atoms with Crippen molar-refractivity contribution in [2.75, 3.05) is 0 Å². The molecule has 0 saturated carbocycles. The third kappa shape index (κ3) is 2.57. The van der Waals surface area contributed by atoms with Gasteiger partial charge in [0.2, 0.25) is 11.6 Å². The molecular formula is C15H17N5O2.